The normalized spacial score (nSPS) is 10.7. The Bertz CT molecular complexity index is 1050. The van der Waals surface area contributed by atoms with Gasteiger partial charge in [-0.05, 0) is 25.1 Å². The van der Waals surface area contributed by atoms with Gasteiger partial charge in [-0.1, -0.05) is 46.0 Å². The summed E-state index contributed by atoms with van der Waals surface area (Å²) in [5.74, 6) is -0.327. The molecule has 0 unspecified atom stereocenters. The molecular formula is C17H10Cl3N3O4. The van der Waals surface area contributed by atoms with Gasteiger partial charge < -0.3 is 9.84 Å². The molecule has 0 spiro atoms. The van der Waals surface area contributed by atoms with Crippen LogP contribution in [0.25, 0.3) is 11.3 Å². The molecule has 0 bridgehead atoms. The Balaban J connectivity index is 2.00. The number of nitro benzene ring substituents is 1. The van der Waals surface area contributed by atoms with Crippen LogP contribution in [0.4, 0.5) is 11.4 Å². The molecule has 27 heavy (non-hydrogen) atoms. The van der Waals surface area contributed by atoms with E-state index in [0.29, 0.717) is 15.6 Å². The molecule has 0 aliphatic heterocycles. The number of halogens is 3. The summed E-state index contributed by atoms with van der Waals surface area (Å²) in [6.45, 7) is 1.56. The number of non-ortho nitro benzene ring substituents is 1. The lowest BCUT2D eigenvalue weighted by atomic mass is 10.1. The second-order valence-electron chi connectivity index (χ2n) is 5.43. The molecular weight excluding hydrogens is 417 g/mol. The van der Waals surface area contributed by atoms with Gasteiger partial charge in [-0.3, -0.25) is 14.9 Å². The average molecular weight is 427 g/mol. The number of aromatic nitrogens is 1. The minimum atomic E-state index is -0.584. The van der Waals surface area contributed by atoms with E-state index >= 15 is 0 Å². The third-order valence-electron chi connectivity index (χ3n) is 3.70. The molecule has 0 aliphatic carbocycles. The van der Waals surface area contributed by atoms with Crippen LogP contribution < -0.4 is 5.32 Å². The highest BCUT2D eigenvalue weighted by Crippen LogP contribution is 2.37. The van der Waals surface area contributed by atoms with Gasteiger partial charge in [0.2, 0.25) is 0 Å². The number of benzene rings is 2. The number of aryl methyl sites for hydroxylation is 1. The second-order valence-corrected chi connectivity index (χ2v) is 6.66. The number of nitrogens with one attached hydrogen (secondary N) is 1. The predicted octanol–water partition coefficient (Wildman–Crippen LogP) is 5.77. The van der Waals surface area contributed by atoms with Crippen molar-refractivity contribution in [3.8, 4) is 11.3 Å². The highest BCUT2D eigenvalue weighted by molar-refractivity contribution is 6.39. The molecule has 138 valence electrons. The van der Waals surface area contributed by atoms with Crippen molar-refractivity contribution < 1.29 is 14.2 Å². The fraction of sp³-hybridized carbons (Fsp3) is 0.0588. The van der Waals surface area contributed by atoms with Crippen LogP contribution in [0.5, 0.6) is 0 Å². The topological polar surface area (TPSA) is 98.3 Å². The fourth-order valence-electron chi connectivity index (χ4n) is 2.44. The maximum absolute atomic E-state index is 12.8. The molecule has 0 aliphatic rings. The molecule has 2 aromatic carbocycles. The van der Waals surface area contributed by atoms with Crippen LogP contribution in [0.3, 0.4) is 0 Å². The molecule has 0 atom stereocenters. The molecule has 3 aromatic rings. The van der Waals surface area contributed by atoms with Gasteiger partial charge in [-0.15, -0.1) is 0 Å². The van der Waals surface area contributed by atoms with Crippen molar-refractivity contribution in [3.05, 3.63) is 72.9 Å². The lowest BCUT2D eigenvalue weighted by Crippen LogP contribution is -2.14. The zero-order chi connectivity index (χ0) is 19.7. The molecule has 1 amide bonds. The Morgan fingerprint density at radius 2 is 1.81 bits per heavy atom. The van der Waals surface area contributed by atoms with Crippen LogP contribution in [0.1, 0.15) is 16.1 Å². The average Bonchev–Trinajstić information content (AvgIpc) is 2.97. The second kappa shape index (κ2) is 7.56. The first kappa shape index (κ1) is 19.2. The number of amides is 1. The highest BCUT2D eigenvalue weighted by Gasteiger charge is 2.25. The highest BCUT2D eigenvalue weighted by atomic mass is 35.5. The van der Waals surface area contributed by atoms with Crippen LogP contribution in [0, 0.1) is 17.0 Å². The summed E-state index contributed by atoms with van der Waals surface area (Å²) in [5, 5.41) is 17.9. The molecule has 1 heterocycles. The van der Waals surface area contributed by atoms with Crippen LogP contribution in [-0.2, 0) is 0 Å². The van der Waals surface area contributed by atoms with E-state index in [9.17, 15) is 14.9 Å². The van der Waals surface area contributed by atoms with Gasteiger partial charge in [-0.25, -0.2) is 0 Å². The van der Waals surface area contributed by atoms with E-state index < -0.39 is 10.8 Å². The number of nitro groups is 1. The Morgan fingerprint density at radius 3 is 2.41 bits per heavy atom. The Hall–Kier alpha value is -2.61. The summed E-state index contributed by atoms with van der Waals surface area (Å²) >= 11 is 18.4. The fourth-order valence-corrected chi connectivity index (χ4v) is 3.24. The first-order chi connectivity index (χ1) is 12.8. The maximum Gasteiger partial charge on any atom is 0.271 e. The Kier molecular flexibility index (Phi) is 5.36. The Labute approximate surface area is 168 Å². The van der Waals surface area contributed by atoms with E-state index in [4.69, 9.17) is 39.3 Å². The van der Waals surface area contributed by atoms with E-state index in [2.05, 4.69) is 10.5 Å². The Morgan fingerprint density at radius 1 is 1.15 bits per heavy atom. The molecule has 0 fully saturated rings. The van der Waals surface area contributed by atoms with Crippen molar-refractivity contribution >= 4 is 52.1 Å². The minimum Gasteiger partial charge on any atom is -0.360 e. The largest absolute Gasteiger partial charge is 0.360 e. The van der Waals surface area contributed by atoms with Crippen molar-refractivity contribution in [2.75, 3.05) is 5.32 Å². The summed E-state index contributed by atoms with van der Waals surface area (Å²) in [6.07, 6.45) is 0. The van der Waals surface area contributed by atoms with E-state index in [1.165, 1.54) is 12.1 Å². The van der Waals surface area contributed by atoms with Gasteiger partial charge >= 0.3 is 0 Å². The first-order valence-electron chi connectivity index (χ1n) is 7.45. The lowest BCUT2D eigenvalue weighted by molar-refractivity contribution is -0.384. The SMILES string of the molecule is Cc1onc(-c2c(Cl)cccc2Cl)c1C(=O)Nc1ccc([N+](=O)[O-])cc1Cl. The molecule has 0 radical (unpaired) electrons. The van der Waals surface area contributed by atoms with Gasteiger partial charge in [-0.2, -0.15) is 0 Å². The van der Waals surface area contributed by atoms with Crippen LogP contribution in [-0.4, -0.2) is 16.0 Å². The third kappa shape index (κ3) is 3.75. The number of hydrogen-bond donors (Lipinski definition) is 1. The monoisotopic (exact) mass is 425 g/mol. The molecule has 0 saturated carbocycles. The summed E-state index contributed by atoms with van der Waals surface area (Å²) in [4.78, 5) is 23.0. The number of anilines is 1. The number of carbonyl (C=O) groups excluding carboxylic acids is 1. The molecule has 0 saturated heterocycles. The summed E-state index contributed by atoms with van der Waals surface area (Å²) in [5.41, 5.74) is 0.669. The summed E-state index contributed by atoms with van der Waals surface area (Å²) in [6, 6.07) is 8.60. The van der Waals surface area contributed by atoms with Gasteiger partial charge in [0.05, 0.1) is 25.7 Å². The van der Waals surface area contributed by atoms with Crippen molar-refractivity contribution in [2.24, 2.45) is 0 Å². The molecule has 1 N–H and O–H groups in total. The number of hydrogen-bond acceptors (Lipinski definition) is 5. The van der Waals surface area contributed by atoms with Crippen molar-refractivity contribution in [1.82, 2.24) is 5.16 Å². The standard InChI is InChI=1S/C17H10Cl3N3O4/c1-8-14(16(22-27-8)15-10(18)3-2-4-11(15)19)17(24)21-13-6-5-9(23(25)26)7-12(13)20/h2-7H,1H3,(H,21,24). The molecule has 3 rings (SSSR count). The summed E-state index contributed by atoms with van der Waals surface area (Å²) < 4.78 is 5.15. The van der Waals surface area contributed by atoms with E-state index in [1.54, 1.807) is 25.1 Å². The zero-order valence-corrected chi connectivity index (χ0v) is 15.9. The van der Waals surface area contributed by atoms with Crippen LogP contribution >= 0.6 is 34.8 Å². The van der Waals surface area contributed by atoms with E-state index in [-0.39, 0.29) is 33.4 Å². The number of nitrogens with zero attached hydrogens (tertiary/aromatic N) is 2. The van der Waals surface area contributed by atoms with Gasteiger partial charge in [0.1, 0.15) is 17.0 Å². The minimum absolute atomic E-state index is 0.0176. The smallest absolute Gasteiger partial charge is 0.271 e. The first-order valence-corrected chi connectivity index (χ1v) is 8.59. The third-order valence-corrected chi connectivity index (χ3v) is 4.64. The van der Waals surface area contributed by atoms with Crippen LogP contribution in [0.15, 0.2) is 40.9 Å². The lowest BCUT2D eigenvalue weighted by Gasteiger charge is -2.09. The van der Waals surface area contributed by atoms with Crippen molar-refractivity contribution in [3.63, 3.8) is 0 Å². The summed E-state index contributed by atoms with van der Waals surface area (Å²) in [7, 11) is 0. The van der Waals surface area contributed by atoms with Gasteiger partial charge in [0.25, 0.3) is 11.6 Å². The number of carbonyl (C=O) groups is 1. The van der Waals surface area contributed by atoms with Crippen molar-refractivity contribution in [2.45, 2.75) is 6.92 Å². The van der Waals surface area contributed by atoms with E-state index in [1.807, 2.05) is 0 Å². The van der Waals surface area contributed by atoms with Crippen molar-refractivity contribution in [1.29, 1.82) is 0 Å². The number of rotatable bonds is 4. The molecule has 10 heteroatoms. The quantitative estimate of drug-likeness (QED) is 0.422. The van der Waals surface area contributed by atoms with E-state index in [0.717, 1.165) is 6.07 Å². The predicted molar refractivity (Wildman–Crippen MR) is 103 cm³/mol. The molecule has 1 aromatic heterocycles. The van der Waals surface area contributed by atoms with Gasteiger partial charge in [0.15, 0.2) is 0 Å². The maximum atomic E-state index is 12.8. The zero-order valence-electron chi connectivity index (χ0n) is 13.6. The van der Waals surface area contributed by atoms with Gasteiger partial charge in [0, 0.05) is 17.7 Å². The molecule has 7 nitrogen and oxygen atoms in total. The van der Waals surface area contributed by atoms with Crippen LogP contribution in [0.2, 0.25) is 15.1 Å².